The third kappa shape index (κ3) is 5.64. The van der Waals surface area contributed by atoms with Crippen LogP contribution in [0.4, 0.5) is 17.1 Å². The molecule has 0 unspecified atom stereocenters. The SMILES string of the molecule is CN(C)c1ccc(-c2cc(NS(=O)(=O)c3ccccc3)ccc2NS(=O)(=O)c2ccccc2)cc1. The Hall–Kier alpha value is -3.82. The molecule has 0 atom stereocenters. The van der Waals surface area contributed by atoms with E-state index in [1.165, 1.54) is 30.3 Å². The third-order valence-corrected chi connectivity index (χ3v) is 8.10. The molecule has 0 aliphatic rings. The highest BCUT2D eigenvalue weighted by molar-refractivity contribution is 7.93. The Bertz CT molecular complexity index is 1520. The van der Waals surface area contributed by atoms with Crippen molar-refractivity contribution in [1.82, 2.24) is 0 Å². The van der Waals surface area contributed by atoms with E-state index >= 15 is 0 Å². The maximum absolute atomic E-state index is 13.0. The second kappa shape index (κ2) is 9.81. The molecule has 4 rings (SSSR count). The van der Waals surface area contributed by atoms with Gasteiger partial charge in [-0.05, 0) is 60.2 Å². The van der Waals surface area contributed by atoms with Crippen LogP contribution in [0.2, 0.25) is 0 Å². The van der Waals surface area contributed by atoms with Crippen molar-refractivity contribution in [2.24, 2.45) is 0 Å². The second-order valence-corrected chi connectivity index (χ2v) is 11.4. The molecule has 180 valence electrons. The number of sulfonamides is 2. The first-order valence-electron chi connectivity index (χ1n) is 10.7. The van der Waals surface area contributed by atoms with Gasteiger partial charge in [-0.2, -0.15) is 0 Å². The van der Waals surface area contributed by atoms with Crippen LogP contribution < -0.4 is 14.3 Å². The summed E-state index contributed by atoms with van der Waals surface area (Å²) in [4.78, 5) is 2.21. The molecule has 0 saturated heterocycles. The van der Waals surface area contributed by atoms with Crippen LogP contribution in [0.15, 0.2) is 113 Å². The van der Waals surface area contributed by atoms with Crippen molar-refractivity contribution in [2.45, 2.75) is 9.79 Å². The van der Waals surface area contributed by atoms with Crippen molar-refractivity contribution in [3.8, 4) is 11.1 Å². The third-order valence-electron chi connectivity index (χ3n) is 5.32. The number of benzene rings is 4. The molecule has 35 heavy (non-hydrogen) atoms. The predicted molar refractivity (Wildman–Crippen MR) is 141 cm³/mol. The van der Waals surface area contributed by atoms with E-state index in [-0.39, 0.29) is 9.79 Å². The number of nitrogens with zero attached hydrogens (tertiary/aromatic N) is 1. The summed E-state index contributed by atoms with van der Waals surface area (Å²) >= 11 is 0. The Morgan fingerprint density at radius 1 is 0.600 bits per heavy atom. The van der Waals surface area contributed by atoms with Crippen molar-refractivity contribution in [3.05, 3.63) is 103 Å². The highest BCUT2D eigenvalue weighted by atomic mass is 32.2. The monoisotopic (exact) mass is 507 g/mol. The molecule has 4 aromatic carbocycles. The molecule has 7 nitrogen and oxygen atoms in total. The van der Waals surface area contributed by atoms with Crippen LogP contribution >= 0.6 is 0 Å². The molecule has 0 heterocycles. The fourth-order valence-electron chi connectivity index (χ4n) is 3.49. The number of nitrogens with one attached hydrogen (secondary N) is 2. The zero-order chi connectivity index (χ0) is 25.1. The van der Waals surface area contributed by atoms with Gasteiger partial charge in [0.15, 0.2) is 0 Å². The van der Waals surface area contributed by atoms with E-state index < -0.39 is 20.0 Å². The van der Waals surface area contributed by atoms with E-state index in [0.29, 0.717) is 16.9 Å². The molecule has 2 N–H and O–H groups in total. The fourth-order valence-corrected chi connectivity index (χ4v) is 5.66. The quantitative estimate of drug-likeness (QED) is 0.349. The molecule has 0 spiro atoms. The minimum Gasteiger partial charge on any atom is -0.378 e. The molecular weight excluding hydrogens is 482 g/mol. The van der Waals surface area contributed by atoms with Crippen LogP contribution in [0.3, 0.4) is 0 Å². The Balaban J connectivity index is 1.76. The van der Waals surface area contributed by atoms with Crippen LogP contribution in [0, 0.1) is 0 Å². The Morgan fingerprint density at radius 3 is 1.63 bits per heavy atom. The maximum atomic E-state index is 13.0. The maximum Gasteiger partial charge on any atom is 0.261 e. The van der Waals surface area contributed by atoms with Crippen molar-refractivity contribution >= 4 is 37.1 Å². The molecule has 4 aromatic rings. The summed E-state index contributed by atoms with van der Waals surface area (Å²) < 4.78 is 56.9. The number of hydrogen-bond donors (Lipinski definition) is 2. The molecule has 0 radical (unpaired) electrons. The second-order valence-electron chi connectivity index (χ2n) is 8.04. The van der Waals surface area contributed by atoms with Gasteiger partial charge in [0.2, 0.25) is 0 Å². The summed E-state index contributed by atoms with van der Waals surface area (Å²) in [6.07, 6.45) is 0. The number of hydrogen-bond acceptors (Lipinski definition) is 5. The van der Waals surface area contributed by atoms with Gasteiger partial charge in [-0.25, -0.2) is 16.8 Å². The topological polar surface area (TPSA) is 95.6 Å². The summed E-state index contributed by atoms with van der Waals surface area (Å²) in [6, 6.07) is 28.3. The van der Waals surface area contributed by atoms with Gasteiger partial charge in [0.05, 0.1) is 15.5 Å². The van der Waals surface area contributed by atoms with Crippen molar-refractivity contribution in [1.29, 1.82) is 0 Å². The predicted octanol–water partition coefficient (Wildman–Crippen LogP) is 5.02. The summed E-state index contributed by atoms with van der Waals surface area (Å²) in [5.41, 5.74) is 2.86. The molecule has 0 amide bonds. The van der Waals surface area contributed by atoms with E-state index in [1.807, 2.05) is 43.3 Å². The van der Waals surface area contributed by atoms with Gasteiger partial charge in [-0.1, -0.05) is 48.5 Å². The lowest BCUT2D eigenvalue weighted by atomic mass is 10.0. The average molecular weight is 508 g/mol. The van der Waals surface area contributed by atoms with Crippen LogP contribution in [0.5, 0.6) is 0 Å². The van der Waals surface area contributed by atoms with Crippen LogP contribution in [-0.4, -0.2) is 30.9 Å². The minimum atomic E-state index is -3.85. The van der Waals surface area contributed by atoms with Crippen molar-refractivity contribution in [2.75, 3.05) is 28.4 Å². The van der Waals surface area contributed by atoms with Gasteiger partial charge in [-0.15, -0.1) is 0 Å². The summed E-state index contributed by atoms with van der Waals surface area (Å²) in [5, 5.41) is 0. The van der Waals surface area contributed by atoms with Crippen molar-refractivity contribution < 1.29 is 16.8 Å². The van der Waals surface area contributed by atoms with E-state index in [4.69, 9.17) is 0 Å². The first-order chi connectivity index (χ1) is 16.7. The van der Waals surface area contributed by atoms with Gasteiger partial charge in [-0.3, -0.25) is 9.44 Å². The molecular formula is C26H25N3O4S2. The first-order valence-corrected chi connectivity index (χ1v) is 13.7. The van der Waals surface area contributed by atoms with Gasteiger partial charge in [0.25, 0.3) is 20.0 Å². The zero-order valence-electron chi connectivity index (χ0n) is 19.2. The average Bonchev–Trinajstić information content (AvgIpc) is 2.86. The van der Waals surface area contributed by atoms with E-state index in [0.717, 1.165) is 11.3 Å². The lowest BCUT2D eigenvalue weighted by molar-refractivity contribution is 0.599. The van der Waals surface area contributed by atoms with Gasteiger partial charge in [0, 0.05) is 31.0 Å². The summed E-state index contributed by atoms with van der Waals surface area (Å²) in [6.45, 7) is 0. The standard InChI is InChI=1S/C26H25N3O4S2/c1-29(2)22-16-13-20(14-17-22)25-19-21(27-34(30,31)23-9-5-3-6-10-23)15-18-26(25)28-35(32,33)24-11-7-4-8-12-24/h3-19,27-28H,1-2H3. The Morgan fingerprint density at radius 2 is 1.11 bits per heavy atom. The fraction of sp³-hybridized carbons (Fsp3) is 0.0769. The molecule has 0 saturated carbocycles. The number of anilines is 3. The molecule has 0 bridgehead atoms. The highest BCUT2D eigenvalue weighted by Crippen LogP contribution is 2.34. The smallest absolute Gasteiger partial charge is 0.261 e. The van der Waals surface area contributed by atoms with Gasteiger partial charge >= 0.3 is 0 Å². The van der Waals surface area contributed by atoms with E-state index in [2.05, 4.69) is 9.44 Å². The molecule has 0 fully saturated rings. The lowest BCUT2D eigenvalue weighted by Gasteiger charge is -2.17. The largest absolute Gasteiger partial charge is 0.378 e. The Labute approximate surface area is 206 Å². The zero-order valence-corrected chi connectivity index (χ0v) is 20.8. The van der Waals surface area contributed by atoms with Gasteiger partial charge < -0.3 is 4.90 Å². The molecule has 9 heteroatoms. The normalized spacial score (nSPS) is 11.6. The van der Waals surface area contributed by atoms with E-state index in [9.17, 15) is 16.8 Å². The lowest BCUT2D eigenvalue weighted by Crippen LogP contribution is -2.15. The molecule has 0 aliphatic carbocycles. The van der Waals surface area contributed by atoms with Crippen molar-refractivity contribution in [3.63, 3.8) is 0 Å². The molecule has 0 aliphatic heterocycles. The number of rotatable bonds is 8. The molecule has 0 aromatic heterocycles. The van der Waals surface area contributed by atoms with Gasteiger partial charge in [0.1, 0.15) is 0 Å². The highest BCUT2D eigenvalue weighted by Gasteiger charge is 2.19. The summed E-state index contributed by atoms with van der Waals surface area (Å²) in [7, 11) is -3.82. The minimum absolute atomic E-state index is 0.128. The van der Waals surface area contributed by atoms with Crippen LogP contribution in [0.1, 0.15) is 0 Å². The first kappa shape index (κ1) is 24.3. The Kier molecular flexibility index (Phi) is 6.81. The summed E-state index contributed by atoms with van der Waals surface area (Å²) in [5.74, 6) is 0. The van der Waals surface area contributed by atoms with Crippen LogP contribution in [0.25, 0.3) is 11.1 Å². The van der Waals surface area contributed by atoms with E-state index in [1.54, 1.807) is 48.5 Å². The van der Waals surface area contributed by atoms with Crippen LogP contribution in [-0.2, 0) is 20.0 Å².